The van der Waals surface area contributed by atoms with E-state index in [1.807, 2.05) is 17.0 Å². The van der Waals surface area contributed by atoms with E-state index in [9.17, 15) is 4.79 Å². The molecule has 0 radical (unpaired) electrons. The number of benzene rings is 1. The Balaban J connectivity index is 1.40. The summed E-state index contributed by atoms with van der Waals surface area (Å²) >= 11 is 0. The van der Waals surface area contributed by atoms with Crippen molar-refractivity contribution in [2.75, 3.05) is 56.5 Å². The fourth-order valence-corrected chi connectivity index (χ4v) is 4.02. The SMILES string of the molecule is CC1CCCN(C(=O)c2ccnc(Nc3ccc(N4CCN(C)CC4)cc3)n2)C1. The van der Waals surface area contributed by atoms with Gasteiger partial charge in [-0.2, -0.15) is 0 Å². The van der Waals surface area contributed by atoms with Gasteiger partial charge in [-0.1, -0.05) is 6.92 Å². The maximum Gasteiger partial charge on any atom is 0.272 e. The number of piperazine rings is 1. The van der Waals surface area contributed by atoms with Crippen molar-refractivity contribution in [2.24, 2.45) is 5.92 Å². The zero-order valence-electron chi connectivity index (χ0n) is 17.3. The van der Waals surface area contributed by atoms with E-state index in [1.54, 1.807) is 12.3 Å². The Hall–Kier alpha value is -2.67. The van der Waals surface area contributed by atoms with Gasteiger partial charge in [-0.3, -0.25) is 4.79 Å². The van der Waals surface area contributed by atoms with Gasteiger partial charge >= 0.3 is 0 Å². The standard InChI is InChI=1S/C22H30N6O/c1-17-4-3-11-28(16-17)21(29)20-9-10-23-22(25-20)24-18-5-7-19(8-6-18)27-14-12-26(2)13-15-27/h5-10,17H,3-4,11-16H2,1-2H3,(H,23,24,25). The lowest BCUT2D eigenvalue weighted by atomic mass is 10.00. The largest absolute Gasteiger partial charge is 0.369 e. The summed E-state index contributed by atoms with van der Waals surface area (Å²) < 4.78 is 0. The van der Waals surface area contributed by atoms with Gasteiger partial charge in [0.15, 0.2) is 0 Å². The molecule has 1 amide bonds. The Kier molecular flexibility index (Phi) is 5.94. The van der Waals surface area contributed by atoms with Crippen LogP contribution in [0.5, 0.6) is 0 Å². The summed E-state index contributed by atoms with van der Waals surface area (Å²) in [5.41, 5.74) is 2.59. The van der Waals surface area contributed by atoms with Crippen LogP contribution in [0.25, 0.3) is 0 Å². The highest BCUT2D eigenvalue weighted by Gasteiger charge is 2.23. The number of amides is 1. The molecule has 2 aromatic rings. The van der Waals surface area contributed by atoms with Crippen molar-refractivity contribution in [3.63, 3.8) is 0 Å². The molecule has 4 rings (SSSR count). The van der Waals surface area contributed by atoms with Gasteiger partial charge in [-0.25, -0.2) is 9.97 Å². The quantitative estimate of drug-likeness (QED) is 0.860. The van der Waals surface area contributed by atoms with Crippen LogP contribution in [0, 0.1) is 5.92 Å². The molecule has 1 unspecified atom stereocenters. The first-order valence-electron chi connectivity index (χ1n) is 10.5. The smallest absolute Gasteiger partial charge is 0.272 e. The molecule has 0 aliphatic carbocycles. The lowest BCUT2D eigenvalue weighted by Crippen LogP contribution is -2.44. The molecule has 0 bridgehead atoms. The van der Waals surface area contributed by atoms with Crippen molar-refractivity contribution in [3.05, 3.63) is 42.2 Å². The molecular weight excluding hydrogens is 364 g/mol. The zero-order chi connectivity index (χ0) is 20.2. The van der Waals surface area contributed by atoms with E-state index in [4.69, 9.17) is 0 Å². The number of nitrogens with one attached hydrogen (secondary N) is 1. The Morgan fingerprint density at radius 3 is 2.55 bits per heavy atom. The zero-order valence-corrected chi connectivity index (χ0v) is 17.3. The average molecular weight is 395 g/mol. The predicted octanol–water partition coefficient (Wildman–Crippen LogP) is 2.84. The fraction of sp³-hybridized carbons (Fsp3) is 0.500. The van der Waals surface area contributed by atoms with Crippen molar-refractivity contribution in [2.45, 2.75) is 19.8 Å². The molecule has 2 aliphatic heterocycles. The lowest BCUT2D eigenvalue weighted by molar-refractivity contribution is 0.0677. The summed E-state index contributed by atoms with van der Waals surface area (Å²) in [7, 11) is 2.16. The summed E-state index contributed by atoms with van der Waals surface area (Å²) in [5, 5.41) is 3.23. The molecule has 1 atom stereocenters. The number of carbonyl (C=O) groups excluding carboxylic acids is 1. The molecule has 2 fully saturated rings. The number of nitrogens with zero attached hydrogens (tertiary/aromatic N) is 5. The van der Waals surface area contributed by atoms with Crippen molar-refractivity contribution in [3.8, 4) is 0 Å². The molecule has 7 heteroatoms. The molecule has 0 saturated carbocycles. The molecule has 1 N–H and O–H groups in total. The molecule has 154 valence electrons. The van der Waals surface area contributed by atoms with Crippen molar-refractivity contribution in [1.82, 2.24) is 19.8 Å². The molecular formula is C22H30N6O. The third kappa shape index (κ3) is 4.85. The maximum atomic E-state index is 12.8. The number of carbonyl (C=O) groups is 1. The van der Waals surface area contributed by atoms with Gasteiger partial charge in [0.25, 0.3) is 5.91 Å². The van der Waals surface area contributed by atoms with Gasteiger partial charge in [-0.15, -0.1) is 0 Å². The number of hydrogen-bond acceptors (Lipinski definition) is 6. The number of hydrogen-bond donors (Lipinski definition) is 1. The third-order valence-corrected chi connectivity index (χ3v) is 5.81. The van der Waals surface area contributed by atoms with Crippen LogP contribution in [0.15, 0.2) is 36.5 Å². The first-order valence-corrected chi connectivity index (χ1v) is 10.5. The summed E-state index contributed by atoms with van der Waals surface area (Å²) in [5.74, 6) is 0.992. The predicted molar refractivity (Wildman–Crippen MR) is 116 cm³/mol. The van der Waals surface area contributed by atoms with E-state index in [2.05, 4.69) is 51.2 Å². The maximum absolute atomic E-state index is 12.8. The van der Waals surface area contributed by atoms with Crippen LogP contribution >= 0.6 is 0 Å². The molecule has 1 aromatic carbocycles. The molecule has 3 heterocycles. The molecule has 1 aromatic heterocycles. The lowest BCUT2D eigenvalue weighted by Gasteiger charge is -2.34. The van der Waals surface area contributed by atoms with Crippen LogP contribution in [0.3, 0.4) is 0 Å². The normalized spacial score (nSPS) is 20.6. The second-order valence-corrected chi connectivity index (χ2v) is 8.23. The van der Waals surface area contributed by atoms with Gasteiger partial charge in [-0.05, 0) is 56.1 Å². The van der Waals surface area contributed by atoms with Gasteiger partial charge in [0.05, 0.1) is 0 Å². The highest BCUT2D eigenvalue weighted by Crippen LogP contribution is 2.22. The summed E-state index contributed by atoms with van der Waals surface area (Å²) in [6.45, 7) is 8.08. The average Bonchev–Trinajstić information content (AvgIpc) is 2.75. The van der Waals surface area contributed by atoms with E-state index >= 15 is 0 Å². The van der Waals surface area contributed by atoms with Gasteiger partial charge in [0.1, 0.15) is 5.69 Å². The number of anilines is 3. The van der Waals surface area contributed by atoms with Crippen LogP contribution in [-0.4, -0.2) is 72.0 Å². The van der Waals surface area contributed by atoms with Crippen LogP contribution in [0.2, 0.25) is 0 Å². The molecule has 0 spiro atoms. The minimum atomic E-state index is -0.00702. The summed E-state index contributed by atoms with van der Waals surface area (Å²) in [6.07, 6.45) is 3.89. The van der Waals surface area contributed by atoms with E-state index in [1.165, 1.54) is 12.1 Å². The Morgan fingerprint density at radius 1 is 1.07 bits per heavy atom. The van der Waals surface area contributed by atoms with Crippen LogP contribution < -0.4 is 10.2 Å². The summed E-state index contributed by atoms with van der Waals surface area (Å²) in [6, 6.07) is 10.0. The van der Waals surface area contributed by atoms with E-state index in [0.717, 1.165) is 51.4 Å². The van der Waals surface area contributed by atoms with Crippen LogP contribution in [0.1, 0.15) is 30.3 Å². The monoisotopic (exact) mass is 394 g/mol. The second kappa shape index (κ2) is 8.78. The Labute approximate surface area is 172 Å². The Bertz CT molecular complexity index is 831. The number of aromatic nitrogens is 2. The van der Waals surface area contributed by atoms with E-state index < -0.39 is 0 Å². The van der Waals surface area contributed by atoms with Crippen LogP contribution in [-0.2, 0) is 0 Å². The third-order valence-electron chi connectivity index (χ3n) is 5.81. The Morgan fingerprint density at radius 2 is 1.83 bits per heavy atom. The van der Waals surface area contributed by atoms with Crippen molar-refractivity contribution < 1.29 is 4.79 Å². The van der Waals surface area contributed by atoms with Gasteiger partial charge in [0, 0.05) is 56.8 Å². The number of likely N-dealkylation sites (tertiary alicyclic amines) is 1. The van der Waals surface area contributed by atoms with E-state index in [-0.39, 0.29) is 5.91 Å². The highest BCUT2D eigenvalue weighted by molar-refractivity contribution is 5.92. The van der Waals surface area contributed by atoms with E-state index in [0.29, 0.717) is 17.6 Å². The number of likely N-dealkylation sites (N-methyl/N-ethyl adjacent to an activating group) is 1. The topological polar surface area (TPSA) is 64.6 Å². The van der Waals surface area contributed by atoms with Gasteiger partial charge < -0.3 is 20.0 Å². The molecule has 29 heavy (non-hydrogen) atoms. The minimum Gasteiger partial charge on any atom is -0.369 e. The van der Waals surface area contributed by atoms with Crippen molar-refractivity contribution >= 4 is 23.2 Å². The minimum absolute atomic E-state index is 0.00702. The summed E-state index contributed by atoms with van der Waals surface area (Å²) in [4.78, 5) is 28.2. The fourth-order valence-electron chi connectivity index (χ4n) is 4.02. The second-order valence-electron chi connectivity index (χ2n) is 8.23. The first-order chi connectivity index (χ1) is 14.1. The van der Waals surface area contributed by atoms with Crippen molar-refractivity contribution in [1.29, 1.82) is 0 Å². The van der Waals surface area contributed by atoms with Crippen LogP contribution in [0.4, 0.5) is 17.3 Å². The van der Waals surface area contributed by atoms with Gasteiger partial charge in [0.2, 0.25) is 5.95 Å². The molecule has 2 aliphatic rings. The highest BCUT2D eigenvalue weighted by atomic mass is 16.2. The first kappa shape index (κ1) is 19.6. The molecule has 2 saturated heterocycles. The molecule has 7 nitrogen and oxygen atoms in total. The number of rotatable bonds is 4. The number of piperidine rings is 1.